The van der Waals surface area contributed by atoms with Crippen LogP contribution < -0.4 is 20.3 Å². The van der Waals surface area contributed by atoms with Gasteiger partial charge in [0.1, 0.15) is 17.9 Å². The Balaban J connectivity index is 0.863. The highest BCUT2D eigenvalue weighted by Gasteiger charge is 2.64. The van der Waals surface area contributed by atoms with Crippen LogP contribution in [0.2, 0.25) is 0 Å². The topological polar surface area (TPSA) is 161 Å². The molecule has 60 heavy (non-hydrogen) atoms. The number of aryl methyl sites for hydroxylation is 1. The Bertz CT molecular complexity index is 2240. The van der Waals surface area contributed by atoms with Gasteiger partial charge in [0, 0.05) is 73.9 Å². The summed E-state index contributed by atoms with van der Waals surface area (Å²) in [7, 11) is 0. The van der Waals surface area contributed by atoms with Crippen LogP contribution in [-0.2, 0) is 33.8 Å². The van der Waals surface area contributed by atoms with Crippen LogP contribution in [0.3, 0.4) is 0 Å². The molecule has 13 heteroatoms. The van der Waals surface area contributed by atoms with E-state index < -0.39 is 29.7 Å². The van der Waals surface area contributed by atoms with E-state index in [0.29, 0.717) is 48.5 Å². The summed E-state index contributed by atoms with van der Waals surface area (Å²) in [4.78, 5) is 70.4. The average Bonchev–Trinajstić information content (AvgIpc) is 3.73. The van der Waals surface area contributed by atoms with Gasteiger partial charge in [0.05, 0.1) is 28.4 Å². The molecule has 1 unspecified atom stereocenters. The molecule has 3 aromatic carbocycles. The molecule has 13 nitrogen and oxygen atoms in total. The number of anilines is 1. The number of imide groups is 2. The molecule has 5 amide bonds. The number of nitrogens with one attached hydrogen (secondary N) is 2. The molecule has 3 aromatic rings. The molecule has 2 N–H and O–H groups in total. The maximum atomic E-state index is 13.6. The third kappa shape index (κ3) is 7.13. The molecule has 1 atom stereocenters. The summed E-state index contributed by atoms with van der Waals surface area (Å²) >= 11 is 0. The van der Waals surface area contributed by atoms with Crippen molar-refractivity contribution in [2.75, 3.05) is 31.1 Å². The molecular weight excluding hydrogens is 761 g/mol. The van der Waals surface area contributed by atoms with Crippen molar-refractivity contribution in [3.05, 3.63) is 93.5 Å². The number of rotatable bonds is 11. The number of nitriles is 1. The quantitative estimate of drug-likeness (QED) is 0.236. The lowest BCUT2D eigenvalue weighted by atomic mass is 9.49. The summed E-state index contributed by atoms with van der Waals surface area (Å²) in [5.41, 5.74) is 4.81. The number of amides is 5. The number of carbonyl (C=O) groups is 5. The van der Waals surface area contributed by atoms with Gasteiger partial charge in [-0.3, -0.25) is 39.1 Å². The molecule has 4 aliphatic heterocycles. The number of benzene rings is 3. The van der Waals surface area contributed by atoms with E-state index in [9.17, 15) is 29.2 Å². The minimum absolute atomic E-state index is 0.0827. The van der Waals surface area contributed by atoms with E-state index in [1.807, 2.05) is 56.3 Å². The fourth-order valence-electron chi connectivity index (χ4n) is 10.8. The van der Waals surface area contributed by atoms with Gasteiger partial charge < -0.3 is 19.7 Å². The van der Waals surface area contributed by atoms with Crippen LogP contribution in [0.25, 0.3) is 0 Å². The van der Waals surface area contributed by atoms with Gasteiger partial charge in [0.2, 0.25) is 11.8 Å². The molecule has 0 spiro atoms. The first kappa shape index (κ1) is 41.2. The van der Waals surface area contributed by atoms with Crippen molar-refractivity contribution in [3.63, 3.8) is 0 Å². The zero-order valence-electron chi connectivity index (χ0n) is 35.4. The third-order valence-electron chi connectivity index (χ3n) is 13.6. The highest BCUT2D eigenvalue weighted by Crippen LogP contribution is 2.55. The first-order valence-corrected chi connectivity index (χ1v) is 21.2. The van der Waals surface area contributed by atoms with Crippen molar-refractivity contribution in [3.8, 4) is 11.8 Å². The van der Waals surface area contributed by atoms with E-state index in [1.54, 1.807) is 12.1 Å². The van der Waals surface area contributed by atoms with Crippen molar-refractivity contribution in [1.82, 2.24) is 20.4 Å². The van der Waals surface area contributed by atoms with Crippen molar-refractivity contribution in [1.29, 1.82) is 5.26 Å². The van der Waals surface area contributed by atoms with Gasteiger partial charge >= 0.3 is 0 Å². The van der Waals surface area contributed by atoms with Gasteiger partial charge in [-0.1, -0.05) is 34.6 Å². The molecule has 3 fully saturated rings. The van der Waals surface area contributed by atoms with E-state index in [-0.39, 0.29) is 47.3 Å². The predicted octanol–water partition coefficient (Wildman–Crippen LogP) is 5.53. The Kier molecular flexibility index (Phi) is 10.6. The minimum Gasteiger partial charge on any atom is -0.489 e. The molecule has 5 aliphatic rings. The molecule has 1 aliphatic carbocycles. The number of hydrogen-bond acceptors (Lipinski definition) is 10. The summed E-state index contributed by atoms with van der Waals surface area (Å²) in [6, 6.07) is 18.2. The number of ether oxygens (including phenoxy) is 2. The fraction of sp³-hybridized carbons (Fsp3) is 0.489. The Morgan fingerprint density at radius 2 is 1.53 bits per heavy atom. The minimum atomic E-state index is -0.986. The summed E-state index contributed by atoms with van der Waals surface area (Å²) in [6.07, 6.45) is 2.42. The van der Waals surface area contributed by atoms with Gasteiger partial charge in [0.25, 0.3) is 17.7 Å². The maximum Gasteiger partial charge on any atom is 0.262 e. The first-order chi connectivity index (χ1) is 28.6. The Hall–Kier alpha value is -5.58. The highest BCUT2D eigenvalue weighted by molar-refractivity contribution is 6.23. The lowest BCUT2D eigenvalue weighted by Gasteiger charge is -2.63. The second kappa shape index (κ2) is 15.5. The van der Waals surface area contributed by atoms with Crippen molar-refractivity contribution in [2.45, 2.75) is 111 Å². The monoisotopic (exact) mass is 814 g/mol. The Morgan fingerprint density at radius 3 is 2.10 bits per heavy atom. The lowest BCUT2D eigenvalue weighted by Crippen LogP contribution is -2.74. The fourth-order valence-corrected chi connectivity index (χ4v) is 10.8. The number of carbonyl (C=O) groups excluding carboxylic acids is 5. The number of hydrogen-bond donors (Lipinski definition) is 2. The van der Waals surface area contributed by atoms with Gasteiger partial charge in [-0.15, -0.1) is 0 Å². The van der Waals surface area contributed by atoms with Crippen LogP contribution >= 0.6 is 0 Å². The average molecular weight is 815 g/mol. The summed E-state index contributed by atoms with van der Waals surface area (Å²) < 4.78 is 13.0. The van der Waals surface area contributed by atoms with Crippen LogP contribution in [-0.4, -0.2) is 89.4 Å². The highest BCUT2D eigenvalue weighted by atomic mass is 16.5. The molecule has 2 saturated heterocycles. The van der Waals surface area contributed by atoms with Crippen LogP contribution in [0.5, 0.6) is 5.75 Å². The number of piperidine rings is 2. The largest absolute Gasteiger partial charge is 0.489 e. The summed E-state index contributed by atoms with van der Waals surface area (Å²) in [5, 5.41) is 15.0. The van der Waals surface area contributed by atoms with Crippen LogP contribution in [0.1, 0.15) is 121 Å². The van der Waals surface area contributed by atoms with E-state index in [2.05, 4.69) is 54.2 Å². The summed E-state index contributed by atoms with van der Waals surface area (Å²) in [6.45, 7) is 16.6. The molecule has 0 bridgehead atoms. The summed E-state index contributed by atoms with van der Waals surface area (Å²) in [5.74, 6) is -1.38. The molecule has 1 saturated carbocycles. The predicted molar refractivity (Wildman–Crippen MR) is 223 cm³/mol. The van der Waals surface area contributed by atoms with E-state index >= 15 is 0 Å². The molecule has 0 radical (unpaired) electrons. The number of nitrogens with zero attached hydrogens (tertiary/aromatic N) is 4. The second-order valence-corrected chi connectivity index (χ2v) is 18.2. The smallest absolute Gasteiger partial charge is 0.262 e. The van der Waals surface area contributed by atoms with Crippen LogP contribution in [0, 0.1) is 22.2 Å². The van der Waals surface area contributed by atoms with Gasteiger partial charge in [0.15, 0.2) is 0 Å². The molecular formula is C47H54N6O7. The SMILES string of the molecule is CCOC1(CN2Cc3cc4c(cc3C2)C(=O)N(C2CCC(=O)NC2=O)C4=O)CCN(c2ccc(C(=O)N[C@H]3C(C)(C)[C@H](Oc4ccc(C#N)c(CC)c4)C3(C)C)cc2)CC1. The van der Waals surface area contributed by atoms with E-state index in [1.165, 1.54) is 0 Å². The third-order valence-corrected chi connectivity index (χ3v) is 13.6. The molecule has 314 valence electrons. The van der Waals surface area contributed by atoms with Crippen molar-refractivity contribution in [2.24, 2.45) is 10.8 Å². The van der Waals surface area contributed by atoms with Gasteiger partial charge in [-0.25, -0.2) is 0 Å². The van der Waals surface area contributed by atoms with Crippen LogP contribution in [0.15, 0.2) is 54.6 Å². The van der Waals surface area contributed by atoms with Crippen molar-refractivity contribution < 1.29 is 33.4 Å². The van der Waals surface area contributed by atoms with Crippen LogP contribution in [0.4, 0.5) is 5.69 Å². The zero-order chi connectivity index (χ0) is 42.7. The molecule has 4 heterocycles. The standard InChI is InChI=1S/C47H54N6O7/c1-7-28-21-34(14-11-30(28)24-48)60-44-45(3,4)43(46(44,5)6)50-39(55)29-9-12-33(13-10-29)52-19-17-47(18-20-52,59-8-2)27-51-25-31-22-35-36(23-32(31)26-51)42(58)53(41(35)57)37-15-16-38(54)49-40(37)56/h9-14,21-23,37,43-44H,7-8,15-20,25-27H2,1-6H3,(H,50,55)(H,49,54,56)/t37?,43-,44-. The maximum absolute atomic E-state index is 13.6. The van der Waals surface area contributed by atoms with Gasteiger partial charge in [-0.05, 0) is 104 Å². The van der Waals surface area contributed by atoms with Crippen molar-refractivity contribution >= 4 is 35.2 Å². The number of fused-ring (bicyclic) bond motifs is 2. The first-order valence-electron chi connectivity index (χ1n) is 21.2. The van der Waals surface area contributed by atoms with Gasteiger partial charge in [-0.2, -0.15) is 5.26 Å². The Labute approximate surface area is 351 Å². The molecule has 8 rings (SSSR count). The van der Waals surface area contributed by atoms with E-state index in [4.69, 9.17) is 9.47 Å². The second-order valence-electron chi connectivity index (χ2n) is 18.2. The Morgan fingerprint density at radius 1 is 0.900 bits per heavy atom. The van der Waals surface area contributed by atoms with E-state index in [0.717, 1.165) is 65.4 Å². The normalized spacial score (nSPS) is 24.0. The molecule has 0 aromatic heterocycles. The zero-order valence-corrected chi connectivity index (χ0v) is 35.4. The lowest BCUT2D eigenvalue weighted by molar-refractivity contribution is -0.164.